The Labute approximate surface area is 123 Å². The van der Waals surface area contributed by atoms with Crippen molar-refractivity contribution >= 4 is 6.09 Å². The van der Waals surface area contributed by atoms with Crippen LogP contribution in [0.1, 0.15) is 60.8 Å². The van der Waals surface area contributed by atoms with Gasteiger partial charge < -0.3 is 14.7 Å². The number of carbonyl (C=O) groups is 1. The minimum absolute atomic E-state index is 0.0727. The lowest BCUT2D eigenvalue weighted by Crippen LogP contribution is -2.52. The van der Waals surface area contributed by atoms with Crippen molar-refractivity contribution in [2.24, 2.45) is 11.8 Å². The van der Waals surface area contributed by atoms with Gasteiger partial charge in [-0.15, -0.1) is 0 Å². The van der Waals surface area contributed by atoms with Crippen LogP contribution in [0.3, 0.4) is 0 Å². The molecule has 0 spiro atoms. The molecule has 4 atom stereocenters. The van der Waals surface area contributed by atoms with Gasteiger partial charge in [0, 0.05) is 18.5 Å². The number of hydrogen-bond acceptors (Lipinski definition) is 3. The van der Waals surface area contributed by atoms with Gasteiger partial charge >= 0.3 is 6.09 Å². The van der Waals surface area contributed by atoms with Crippen LogP contribution in [0.5, 0.6) is 0 Å². The summed E-state index contributed by atoms with van der Waals surface area (Å²) >= 11 is 0. The molecule has 0 aromatic carbocycles. The number of piperidine rings is 1. The standard InChI is InChI=1S/C16H31NO3/c1-7-14(18)12(3)13-10-11(2)8-9-17(13)15(19)20-16(4,5)6/h11-14,18H,7-10H2,1-6H3. The molecule has 1 aliphatic rings. The molecule has 0 saturated carbocycles. The molecule has 4 unspecified atom stereocenters. The van der Waals surface area contributed by atoms with Crippen LogP contribution in [0.15, 0.2) is 0 Å². The zero-order chi connectivity index (χ0) is 15.5. The number of likely N-dealkylation sites (tertiary alicyclic amines) is 1. The molecule has 1 amide bonds. The Hall–Kier alpha value is -0.770. The smallest absolute Gasteiger partial charge is 0.410 e. The van der Waals surface area contributed by atoms with Crippen LogP contribution in [0.25, 0.3) is 0 Å². The monoisotopic (exact) mass is 285 g/mol. The third-order valence-electron chi connectivity index (χ3n) is 4.17. The topological polar surface area (TPSA) is 49.8 Å². The predicted molar refractivity (Wildman–Crippen MR) is 80.6 cm³/mol. The summed E-state index contributed by atoms with van der Waals surface area (Å²) < 4.78 is 5.51. The first-order valence-electron chi connectivity index (χ1n) is 7.83. The van der Waals surface area contributed by atoms with E-state index >= 15 is 0 Å². The highest BCUT2D eigenvalue weighted by atomic mass is 16.6. The van der Waals surface area contributed by atoms with Crippen molar-refractivity contribution < 1.29 is 14.6 Å². The SMILES string of the molecule is CCC(O)C(C)C1CC(C)CCN1C(=O)OC(C)(C)C. The second-order valence-electron chi connectivity index (χ2n) is 7.21. The molecule has 20 heavy (non-hydrogen) atoms. The zero-order valence-electron chi connectivity index (χ0n) is 13.8. The van der Waals surface area contributed by atoms with Gasteiger partial charge in [0.15, 0.2) is 0 Å². The van der Waals surface area contributed by atoms with E-state index in [0.29, 0.717) is 12.3 Å². The highest BCUT2D eigenvalue weighted by Crippen LogP contribution is 2.30. The molecule has 1 aliphatic heterocycles. The second kappa shape index (κ2) is 6.79. The Kier molecular flexibility index (Phi) is 5.87. The summed E-state index contributed by atoms with van der Waals surface area (Å²) in [4.78, 5) is 14.2. The lowest BCUT2D eigenvalue weighted by atomic mass is 9.83. The number of rotatable bonds is 3. The summed E-state index contributed by atoms with van der Waals surface area (Å²) in [5.41, 5.74) is -0.475. The summed E-state index contributed by atoms with van der Waals surface area (Å²) in [7, 11) is 0. The predicted octanol–water partition coefficient (Wildman–Crippen LogP) is 3.43. The summed E-state index contributed by atoms with van der Waals surface area (Å²) in [6.45, 7) is 12.6. The van der Waals surface area contributed by atoms with Crippen molar-refractivity contribution in [1.82, 2.24) is 4.90 Å². The minimum atomic E-state index is -0.475. The van der Waals surface area contributed by atoms with Gasteiger partial charge in [0.25, 0.3) is 0 Å². The van der Waals surface area contributed by atoms with E-state index in [1.165, 1.54) is 0 Å². The molecule has 0 aromatic rings. The van der Waals surface area contributed by atoms with Crippen molar-refractivity contribution in [1.29, 1.82) is 0 Å². The van der Waals surface area contributed by atoms with Crippen LogP contribution in [0.4, 0.5) is 4.79 Å². The van der Waals surface area contributed by atoms with Crippen molar-refractivity contribution in [2.45, 2.75) is 78.6 Å². The van der Waals surface area contributed by atoms with Gasteiger partial charge in [0.05, 0.1) is 6.10 Å². The molecule has 4 nitrogen and oxygen atoms in total. The third-order valence-corrected chi connectivity index (χ3v) is 4.17. The van der Waals surface area contributed by atoms with Gasteiger partial charge in [0.2, 0.25) is 0 Å². The Bertz CT molecular complexity index is 324. The molecule has 1 saturated heterocycles. The Morgan fingerprint density at radius 3 is 2.55 bits per heavy atom. The van der Waals surface area contributed by atoms with Crippen molar-refractivity contribution in [3.8, 4) is 0 Å². The lowest BCUT2D eigenvalue weighted by Gasteiger charge is -2.43. The van der Waals surface area contributed by atoms with Crippen LogP contribution in [0, 0.1) is 11.8 Å². The fourth-order valence-electron chi connectivity index (χ4n) is 2.86. The average molecular weight is 285 g/mol. The third kappa shape index (κ3) is 4.65. The van der Waals surface area contributed by atoms with Gasteiger partial charge in [-0.25, -0.2) is 4.79 Å². The Morgan fingerprint density at radius 1 is 1.45 bits per heavy atom. The molecule has 1 heterocycles. The van der Waals surface area contributed by atoms with Crippen LogP contribution in [-0.4, -0.2) is 40.4 Å². The Balaban J connectivity index is 2.82. The molecule has 0 bridgehead atoms. The van der Waals surface area contributed by atoms with Gasteiger partial charge in [-0.2, -0.15) is 0 Å². The van der Waals surface area contributed by atoms with Crippen molar-refractivity contribution in [2.75, 3.05) is 6.54 Å². The molecular weight excluding hydrogens is 254 g/mol. The molecule has 0 aliphatic carbocycles. The normalized spacial score (nSPS) is 27.1. The first-order valence-corrected chi connectivity index (χ1v) is 7.83. The van der Waals surface area contributed by atoms with E-state index in [-0.39, 0.29) is 24.2 Å². The highest BCUT2D eigenvalue weighted by Gasteiger charge is 2.37. The molecule has 118 valence electrons. The zero-order valence-corrected chi connectivity index (χ0v) is 13.8. The molecule has 4 heteroatoms. The van der Waals surface area contributed by atoms with E-state index < -0.39 is 5.60 Å². The first kappa shape index (κ1) is 17.3. The maximum absolute atomic E-state index is 12.4. The number of carbonyl (C=O) groups excluding carboxylic acids is 1. The average Bonchev–Trinajstić information content (AvgIpc) is 2.34. The molecule has 0 aromatic heterocycles. The molecule has 0 radical (unpaired) electrons. The van der Waals surface area contributed by atoms with Gasteiger partial charge in [-0.05, 0) is 46.0 Å². The van der Waals surface area contributed by atoms with Crippen LogP contribution >= 0.6 is 0 Å². The molecular formula is C16H31NO3. The van der Waals surface area contributed by atoms with Crippen LogP contribution in [-0.2, 0) is 4.74 Å². The van der Waals surface area contributed by atoms with Crippen LogP contribution < -0.4 is 0 Å². The van der Waals surface area contributed by atoms with E-state index in [0.717, 1.165) is 19.4 Å². The van der Waals surface area contributed by atoms with Gasteiger partial charge in [-0.3, -0.25) is 0 Å². The van der Waals surface area contributed by atoms with Gasteiger partial charge in [-0.1, -0.05) is 20.8 Å². The number of nitrogens with zero attached hydrogens (tertiary/aromatic N) is 1. The molecule has 1 N–H and O–H groups in total. The first-order chi connectivity index (χ1) is 9.15. The lowest BCUT2D eigenvalue weighted by molar-refractivity contribution is -0.0199. The summed E-state index contributed by atoms with van der Waals surface area (Å²) in [6.07, 6.45) is 2.05. The Morgan fingerprint density at radius 2 is 2.05 bits per heavy atom. The fourth-order valence-corrected chi connectivity index (χ4v) is 2.86. The van der Waals surface area contributed by atoms with Crippen molar-refractivity contribution in [3.63, 3.8) is 0 Å². The highest BCUT2D eigenvalue weighted by molar-refractivity contribution is 5.68. The fraction of sp³-hybridized carbons (Fsp3) is 0.938. The summed E-state index contributed by atoms with van der Waals surface area (Å²) in [5.74, 6) is 0.667. The minimum Gasteiger partial charge on any atom is -0.444 e. The maximum Gasteiger partial charge on any atom is 0.410 e. The summed E-state index contributed by atoms with van der Waals surface area (Å²) in [6, 6.07) is 0.0727. The van der Waals surface area contributed by atoms with Crippen LogP contribution in [0.2, 0.25) is 0 Å². The van der Waals surface area contributed by atoms with E-state index in [9.17, 15) is 9.90 Å². The quantitative estimate of drug-likeness (QED) is 0.864. The van der Waals surface area contributed by atoms with Crippen molar-refractivity contribution in [3.05, 3.63) is 0 Å². The second-order valence-corrected chi connectivity index (χ2v) is 7.21. The number of ether oxygens (including phenoxy) is 1. The van der Waals surface area contributed by atoms with E-state index in [1.54, 1.807) is 0 Å². The molecule has 1 rings (SSSR count). The van der Waals surface area contributed by atoms with Gasteiger partial charge in [0.1, 0.15) is 5.60 Å². The number of aliphatic hydroxyl groups is 1. The maximum atomic E-state index is 12.4. The van der Waals surface area contributed by atoms with E-state index in [2.05, 4.69) is 6.92 Å². The molecule has 1 fully saturated rings. The largest absolute Gasteiger partial charge is 0.444 e. The van der Waals surface area contributed by atoms with E-state index in [1.807, 2.05) is 39.5 Å². The number of amides is 1. The summed E-state index contributed by atoms with van der Waals surface area (Å²) in [5, 5.41) is 10.1. The number of aliphatic hydroxyl groups excluding tert-OH is 1. The van der Waals surface area contributed by atoms with E-state index in [4.69, 9.17) is 4.74 Å². The number of hydrogen-bond donors (Lipinski definition) is 1.